The van der Waals surface area contributed by atoms with E-state index in [9.17, 15) is 4.39 Å². The predicted octanol–water partition coefficient (Wildman–Crippen LogP) is 2.64. The number of nitrogens with zero attached hydrogens (tertiary/aromatic N) is 3. The van der Waals surface area contributed by atoms with Crippen LogP contribution < -0.4 is 0 Å². The quantitative estimate of drug-likeness (QED) is 0.698. The highest BCUT2D eigenvalue weighted by Gasteiger charge is 2.10. The van der Waals surface area contributed by atoms with E-state index in [2.05, 4.69) is 15.0 Å². The van der Waals surface area contributed by atoms with Crippen molar-refractivity contribution in [3.63, 3.8) is 0 Å². The van der Waals surface area contributed by atoms with Crippen LogP contribution in [0.5, 0.6) is 0 Å². The molecule has 0 saturated heterocycles. The zero-order chi connectivity index (χ0) is 10.8. The topological polar surface area (TPSA) is 38.7 Å². The van der Waals surface area contributed by atoms with E-state index in [1.165, 1.54) is 6.92 Å². The molecular formula is C10H7ClFN3. The van der Waals surface area contributed by atoms with Gasteiger partial charge in [0.25, 0.3) is 0 Å². The third-order valence-electron chi connectivity index (χ3n) is 1.87. The van der Waals surface area contributed by atoms with Crippen LogP contribution in [0, 0.1) is 12.7 Å². The summed E-state index contributed by atoms with van der Waals surface area (Å²) in [5, 5.41) is -0.178. The third-order valence-corrected chi connectivity index (χ3v) is 2.12. The fraction of sp³-hybridized carbons (Fsp3) is 0.100. The van der Waals surface area contributed by atoms with E-state index >= 15 is 0 Å². The van der Waals surface area contributed by atoms with Crippen molar-refractivity contribution in [3.05, 3.63) is 41.1 Å². The Labute approximate surface area is 91.0 Å². The summed E-state index contributed by atoms with van der Waals surface area (Å²) in [6, 6.07) is 5.32. The van der Waals surface area contributed by atoms with Gasteiger partial charge in [0.15, 0.2) is 16.8 Å². The van der Waals surface area contributed by atoms with Gasteiger partial charge in [0.1, 0.15) is 5.69 Å². The van der Waals surface area contributed by atoms with Crippen LogP contribution in [0.1, 0.15) is 5.69 Å². The molecule has 2 aromatic rings. The lowest BCUT2D eigenvalue weighted by atomic mass is 10.3. The van der Waals surface area contributed by atoms with Gasteiger partial charge in [-0.05, 0) is 19.1 Å². The summed E-state index contributed by atoms with van der Waals surface area (Å²) < 4.78 is 13.1. The van der Waals surface area contributed by atoms with Crippen LogP contribution >= 0.6 is 11.6 Å². The maximum Gasteiger partial charge on any atom is 0.181 e. The molecule has 0 aliphatic heterocycles. The smallest absolute Gasteiger partial charge is 0.181 e. The largest absolute Gasteiger partial charge is 0.253 e. The molecule has 0 fully saturated rings. The molecule has 2 heterocycles. The van der Waals surface area contributed by atoms with Gasteiger partial charge in [-0.25, -0.2) is 14.4 Å². The highest BCUT2D eigenvalue weighted by molar-refractivity contribution is 6.29. The summed E-state index contributed by atoms with van der Waals surface area (Å²) in [6.07, 6.45) is 1.62. The average molecular weight is 224 g/mol. The van der Waals surface area contributed by atoms with Gasteiger partial charge in [0.2, 0.25) is 0 Å². The van der Waals surface area contributed by atoms with Crippen molar-refractivity contribution in [3.8, 4) is 11.5 Å². The Morgan fingerprint density at radius 3 is 2.67 bits per heavy atom. The number of hydrogen-bond donors (Lipinski definition) is 0. The van der Waals surface area contributed by atoms with E-state index in [0.717, 1.165) is 0 Å². The lowest BCUT2D eigenvalue weighted by Crippen LogP contribution is -1.98. The molecular weight excluding hydrogens is 217 g/mol. The van der Waals surface area contributed by atoms with Gasteiger partial charge in [0, 0.05) is 6.20 Å². The number of halogens is 2. The van der Waals surface area contributed by atoms with Crippen molar-refractivity contribution >= 4 is 11.6 Å². The first-order chi connectivity index (χ1) is 7.18. The Balaban J connectivity index is 2.56. The summed E-state index contributed by atoms with van der Waals surface area (Å²) in [5.74, 6) is -0.254. The second kappa shape index (κ2) is 3.90. The van der Waals surface area contributed by atoms with Gasteiger partial charge in [-0.3, -0.25) is 4.98 Å². The zero-order valence-electron chi connectivity index (χ0n) is 7.91. The minimum absolute atomic E-state index is 0.178. The summed E-state index contributed by atoms with van der Waals surface area (Å²) in [7, 11) is 0. The van der Waals surface area contributed by atoms with Crippen molar-refractivity contribution < 1.29 is 4.39 Å². The summed E-state index contributed by atoms with van der Waals surface area (Å²) in [4.78, 5) is 11.8. The monoisotopic (exact) mass is 223 g/mol. The molecule has 0 aliphatic carbocycles. The number of rotatable bonds is 1. The summed E-state index contributed by atoms with van der Waals surface area (Å²) >= 11 is 5.62. The van der Waals surface area contributed by atoms with E-state index in [0.29, 0.717) is 11.5 Å². The van der Waals surface area contributed by atoms with Crippen LogP contribution in [-0.4, -0.2) is 15.0 Å². The Bertz CT molecular complexity index is 464. The molecule has 0 aliphatic rings. The highest BCUT2D eigenvalue weighted by atomic mass is 35.5. The summed E-state index contributed by atoms with van der Waals surface area (Å²) in [5.41, 5.74) is 0.790. The van der Waals surface area contributed by atoms with Gasteiger partial charge in [-0.1, -0.05) is 17.7 Å². The molecule has 0 bridgehead atoms. The first-order valence-electron chi connectivity index (χ1n) is 4.29. The van der Waals surface area contributed by atoms with Crippen LogP contribution in [0.25, 0.3) is 11.5 Å². The van der Waals surface area contributed by atoms with E-state index < -0.39 is 5.82 Å². The van der Waals surface area contributed by atoms with E-state index in [-0.39, 0.29) is 10.8 Å². The van der Waals surface area contributed by atoms with Gasteiger partial charge >= 0.3 is 0 Å². The second-order valence-corrected chi connectivity index (χ2v) is 3.31. The van der Waals surface area contributed by atoms with Crippen molar-refractivity contribution in [2.45, 2.75) is 6.92 Å². The number of aryl methyl sites for hydroxylation is 1. The van der Waals surface area contributed by atoms with Crippen molar-refractivity contribution in [1.29, 1.82) is 0 Å². The van der Waals surface area contributed by atoms with Crippen molar-refractivity contribution in [1.82, 2.24) is 15.0 Å². The van der Waals surface area contributed by atoms with Crippen LogP contribution in [0.2, 0.25) is 5.15 Å². The number of aromatic nitrogens is 3. The molecule has 0 radical (unpaired) electrons. The average Bonchev–Trinajstić information content (AvgIpc) is 2.26. The molecule has 0 aromatic carbocycles. The Morgan fingerprint density at radius 1 is 1.27 bits per heavy atom. The van der Waals surface area contributed by atoms with Crippen LogP contribution in [0.4, 0.5) is 4.39 Å². The SMILES string of the molecule is Cc1nc(-c2ccccn2)nc(Cl)c1F. The zero-order valence-corrected chi connectivity index (χ0v) is 8.66. The number of hydrogen-bond acceptors (Lipinski definition) is 3. The van der Waals surface area contributed by atoms with E-state index in [4.69, 9.17) is 11.6 Å². The second-order valence-electron chi connectivity index (χ2n) is 2.95. The maximum atomic E-state index is 13.1. The lowest BCUT2D eigenvalue weighted by Gasteiger charge is -2.02. The molecule has 0 atom stereocenters. The maximum absolute atomic E-state index is 13.1. The molecule has 5 heteroatoms. The fourth-order valence-electron chi connectivity index (χ4n) is 1.13. The minimum Gasteiger partial charge on any atom is -0.253 e. The minimum atomic E-state index is -0.587. The Morgan fingerprint density at radius 2 is 2.07 bits per heavy atom. The first kappa shape index (κ1) is 9.98. The van der Waals surface area contributed by atoms with Crippen LogP contribution in [0.3, 0.4) is 0 Å². The molecule has 0 N–H and O–H groups in total. The predicted molar refractivity (Wildman–Crippen MR) is 55.0 cm³/mol. The third kappa shape index (κ3) is 1.94. The van der Waals surface area contributed by atoms with Crippen LogP contribution in [0.15, 0.2) is 24.4 Å². The van der Waals surface area contributed by atoms with Crippen molar-refractivity contribution in [2.75, 3.05) is 0 Å². The lowest BCUT2D eigenvalue weighted by molar-refractivity contribution is 0.603. The van der Waals surface area contributed by atoms with Gasteiger partial charge in [-0.15, -0.1) is 0 Å². The molecule has 0 amide bonds. The van der Waals surface area contributed by atoms with Crippen LogP contribution in [-0.2, 0) is 0 Å². The normalized spacial score (nSPS) is 10.3. The molecule has 3 nitrogen and oxygen atoms in total. The van der Waals surface area contributed by atoms with Crippen molar-refractivity contribution in [2.24, 2.45) is 0 Å². The van der Waals surface area contributed by atoms with E-state index in [1.807, 2.05) is 0 Å². The standard InChI is InChI=1S/C10H7ClFN3/c1-6-8(12)9(11)15-10(14-6)7-4-2-3-5-13-7/h2-5H,1H3. The molecule has 0 spiro atoms. The van der Waals surface area contributed by atoms with Gasteiger partial charge in [0.05, 0.1) is 5.69 Å². The summed E-state index contributed by atoms with van der Waals surface area (Å²) in [6.45, 7) is 1.54. The molecule has 15 heavy (non-hydrogen) atoms. The molecule has 0 unspecified atom stereocenters. The Kier molecular flexibility index (Phi) is 2.60. The van der Waals surface area contributed by atoms with Gasteiger partial charge in [-0.2, -0.15) is 0 Å². The fourth-order valence-corrected chi connectivity index (χ4v) is 1.35. The number of pyridine rings is 1. The molecule has 2 aromatic heterocycles. The molecule has 76 valence electrons. The molecule has 0 saturated carbocycles. The van der Waals surface area contributed by atoms with Gasteiger partial charge < -0.3 is 0 Å². The van der Waals surface area contributed by atoms with E-state index in [1.54, 1.807) is 24.4 Å². The highest BCUT2D eigenvalue weighted by Crippen LogP contribution is 2.18. The Hall–Kier alpha value is -1.55. The molecule has 2 rings (SSSR count). The first-order valence-corrected chi connectivity index (χ1v) is 4.67.